The van der Waals surface area contributed by atoms with Crippen LogP contribution in [0.25, 0.3) is 22.3 Å². The van der Waals surface area contributed by atoms with Gasteiger partial charge in [0.25, 0.3) is 0 Å². The quantitative estimate of drug-likeness (QED) is 0.491. The van der Waals surface area contributed by atoms with E-state index in [1.165, 1.54) is 12.1 Å². The third kappa shape index (κ3) is 3.82. The lowest BCUT2D eigenvalue weighted by Gasteiger charge is -2.12. The minimum Gasteiger partial charge on any atom is -0.399 e. The Kier molecular flexibility index (Phi) is 4.63. The van der Waals surface area contributed by atoms with E-state index < -0.39 is 29.6 Å². The van der Waals surface area contributed by atoms with Crippen molar-refractivity contribution in [2.24, 2.45) is 0 Å². The zero-order valence-corrected chi connectivity index (χ0v) is 12.9. The Morgan fingerprint density at radius 3 is 1.73 bits per heavy atom. The summed E-state index contributed by atoms with van der Waals surface area (Å²) in [5, 5.41) is 0. The Hall–Kier alpha value is -2.96. The molecule has 3 aromatic rings. The molecule has 0 saturated carbocycles. The van der Waals surface area contributed by atoms with Gasteiger partial charge < -0.3 is 4.74 Å². The average molecular weight is 368 g/mol. The van der Waals surface area contributed by atoms with Gasteiger partial charge >= 0.3 is 6.36 Å². The van der Waals surface area contributed by atoms with Crippen LogP contribution in [0.2, 0.25) is 0 Å². The molecule has 0 aliphatic heterocycles. The van der Waals surface area contributed by atoms with Crippen LogP contribution in [0.3, 0.4) is 0 Å². The van der Waals surface area contributed by atoms with Crippen LogP contribution < -0.4 is 4.74 Å². The first-order chi connectivity index (χ1) is 12.2. The molecule has 0 aliphatic carbocycles. The van der Waals surface area contributed by atoms with E-state index in [2.05, 4.69) is 4.74 Å². The van der Waals surface area contributed by atoms with Crippen LogP contribution in [0.1, 0.15) is 0 Å². The first kappa shape index (κ1) is 17.8. The third-order valence-corrected chi connectivity index (χ3v) is 3.60. The van der Waals surface area contributed by atoms with E-state index in [1.807, 2.05) is 0 Å². The third-order valence-electron chi connectivity index (χ3n) is 3.60. The highest BCUT2D eigenvalue weighted by atomic mass is 19.4. The minimum atomic E-state index is -5.24. The van der Waals surface area contributed by atoms with Crippen molar-refractivity contribution >= 4 is 0 Å². The first-order valence-corrected chi connectivity index (χ1v) is 7.35. The molecule has 1 nitrogen and oxygen atoms in total. The maximum absolute atomic E-state index is 14.4. The number of ether oxygens (including phenoxy) is 1. The largest absolute Gasteiger partial charge is 0.573 e. The normalized spacial score (nSPS) is 11.5. The second kappa shape index (κ2) is 6.74. The van der Waals surface area contributed by atoms with Gasteiger partial charge in [0.1, 0.15) is 5.82 Å². The van der Waals surface area contributed by atoms with Gasteiger partial charge in [-0.1, -0.05) is 42.5 Å². The summed E-state index contributed by atoms with van der Waals surface area (Å²) in [5.41, 5.74) is 0.890. The summed E-state index contributed by atoms with van der Waals surface area (Å²) in [4.78, 5) is 0. The molecule has 3 rings (SSSR count). The zero-order chi connectivity index (χ0) is 18.9. The number of rotatable bonds is 3. The lowest BCUT2D eigenvalue weighted by Crippen LogP contribution is -2.19. The van der Waals surface area contributed by atoms with Crippen LogP contribution in [-0.2, 0) is 0 Å². The topological polar surface area (TPSA) is 9.23 Å². The highest BCUT2D eigenvalue weighted by Gasteiger charge is 2.34. The van der Waals surface area contributed by atoms with E-state index in [4.69, 9.17) is 0 Å². The van der Waals surface area contributed by atoms with Crippen LogP contribution in [0, 0.1) is 17.5 Å². The fraction of sp³-hybridized carbons (Fsp3) is 0.0526. The highest BCUT2D eigenvalue weighted by Crippen LogP contribution is 2.34. The molecule has 3 aromatic carbocycles. The summed E-state index contributed by atoms with van der Waals surface area (Å²) in [6, 6.07) is 14.1. The second-order valence-corrected chi connectivity index (χ2v) is 5.38. The minimum absolute atomic E-state index is 0.152. The van der Waals surface area contributed by atoms with E-state index in [9.17, 15) is 26.3 Å². The molecule has 0 N–H and O–H groups in total. The molecule has 0 aliphatic rings. The van der Waals surface area contributed by atoms with E-state index in [-0.39, 0.29) is 11.1 Å². The fourth-order valence-electron chi connectivity index (χ4n) is 2.49. The van der Waals surface area contributed by atoms with Crippen LogP contribution in [-0.4, -0.2) is 6.36 Å². The summed E-state index contributed by atoms with van der Waals surface area (Å²) < 4.78 is 81.9. The van der Waals surface area contributed by atoms with Crippen LogP contribution in [0.4, 0.5) is 26.3 Å². The lowest BCUT2D eigenvalue weighted by molar-refractivity contribution is -0.276. The summed E-state index contributed by atoms with van der Waals surface area (Å²) in [7, 11) is 0. The predicted molar refractivity (Wildman–Crippen MR) is 83.9 cm³/mol. The molecule has 0 aromatic heterocycles. The summed E-state index contributed by atoms with van der Waals surface area (Å²) >= 11 is 0. The van der Waals surface area contributed by atoms with Gasteiger partial charge in [-0.25, -0.2) is 13.2 Å². The SMILES string of the molecule is Fc1cc(-c2ccccc2)ccc1-c1cc(F)c(OC(F)(F)F)c(F)c1. The van der Waals surface area contributed by atoms with Crippen LogP contribution in [0.15, 0.2) is 60.7 Å². The molecular formula is C19H10F6O. The lowest BCUT2D eigenvalue weighted by atomic mass is 9.99. The van der Waals surface area contributed by atoms with Gasteiger partial charge in [0, 0.05) is 5.56 Å². The molecule has 0 saturated heterocycles. The number of hydrogen-bond acceptors (Lipinski definition) is 1. The van der Waals surface area contributed by atoms with Crippen molar-refractivity contribution in [1.29, 1.82) is 0 Å². The van der Waals surface area contributed by atoms with Crippen molar-refractivity contribution in [1.82, 2.24) is 0 Å². The van der Waals surface area contributed by atoms with Crippen molar-refractivity contribution in [2.75, 3.05) is 0 Å². The Bertz CT molecular complexity index is 911. The number of hydrogen-bond donors (Lipinski definition) is 0. The number of benzene rings is 3. The Morgan fingerprint density at radius 2 is 1.19 bits per heavy atom. The van der Waals surface area contributed by atoms with Crippen molar-refractivity contribution in [3.05, 3.63) is 78.1 Å². The maximum Gasteiger partial charge on any atom is 0.573 e. The fourth-order valence-corrected chi connectivity index (χ4v) is 2.49. The molecule has 0 spiro atoms. The first-order valence-electron chi connectivity index (χ1n) is 7.35. The highest BCUT2D eigenvalue weighted by molar-refractivity contribution is 5.71. The molecule has 0 radical (unpaired) electrons. The average Bonchev–Trinajstić information content (AvgIpc) is 2.58. The van der Waals surface area contributed by atoms with Crippen molar-refractivity contribution in [2.45, 2.75) is 6.36 Å². The van der Waals surface area contributed by atoms with Crippen molar-refractivity contribution < 1.29 is 31.1 Å². The van der Waals surface area contributed by atoms with Gasteiger partial charge in [-0.15, -0.1) is 13.2 Å². The number of alkyl halides is 3. The second-order valence-electron chi connectivity index (χ2n) is 5.38. The molecule has 0 bridgehead atoms. The molecule has 0 heterocycles. The van der Waals surface area contributed by atoms with Gasteiger partial charge in [-0.2, -0.15) is 0 Å². The monoisotopic (exact) mass is 368 g/mol. The summed E-state index contributed by atoms with van der Waals surface area (Å²) in [6.07, 6.45) is -5.24. The van der Waals surface area contributed by atoms with Crippen LogP contribution in [0.5, 0.6) is 5.75 Å². The predicted octanol–water partition coefficient (Wildman–Crippen LogP) is 6.34. The smallest absolute Gasteiger partial charge is 0.399 e. The van der Waals surface area contributed by atoms with E-state index in [0.717, 1.165) is 5.56 Å². The van der Waals surface area contributed by atoms with Gasteiger partial charge in [-0.05, 0) is 34.9 Å². The van der Waals surface area contributed by atoms with Gasteiger partial charge in [0.15, 0.2) is 11.6 Å². The van der Waals surface area contributed by atoms with Gasteiger partial charge in [0.2, 0.25) is 5.75 Å². The zero-order valence-electron chi connectivity index (χ0n) is 12.9. The molecule has 0 fully saturated rings. The Morgan fingerprint density at radius 1 is 0.615 bits per heavy atom. The standard InChI is InChI=1S/C19H10F6O/c20-15-8-12(11-4-2-1-3-5-11)6-7-14(15)13-9-16(21)18(17(22)10-13)26-19(23,24)25/h1-10H. The molecule has 134 valence electrons. The number of halogens is 6. The van der Waals surface area contributed by atoms with Crippen molar-refractivity contribution in [3.8, 4) is 28.0 Å². The van der Waals surface area contributed by atoms with Crippen molar-refractivity contribution in [3.63, 3.8) is 0 Å². The Labute approximate surface area is 144 Å². The summed E-state index contributed by atoms with van der Waals surface area (Å²) in [5.74, 6) is -5.51. The molecule has 26 heavy (non-hydrogen) atoms. The van der Waals surface area contributed by atoms with Crippen LogP contribution >= 0.6 is 0 Å². The summed E-state index contributed by atoms with van der Waals surface area (Å²) in [6.45, 7) is 0. The molecular weight excluding hydrogens is 358 g/mol. The molecule has 0 atom stereocenters. The molecule has 7 heteroatoms. The van der Waals surface area contributed by atoms with E-state index >= 15 is 0 Å². The van der Waals surface area contributed by atoms with Gasteiger partial charge in [-0.3, -0.25) is 0 Å². The van der Waals surface area contributed by atoms with E-state index in [0.29, 0.717) is 17.7 Å². The Balaban J connectivity index is 1.99. The maximum atomic E-state index is 14.4. The van der Waals surface area contributed by atoms with E-state index in [1.54, 1.807) is 36.4 Å². The molecule has 0 unspecified atom stereocenters. The van der Waals surface area contributed by atoms with Gasteiger partial charge in [0.05, 0.1) is 0 Å². The molecule has 0 amide bonds.